The zero-order valence-corrected chi connectivity index (χ0v) is 12.7. The van der Waals surface area contributed by atoms with E-state index in [9.17, 15) is 9.90 Å². The molecule has 3 unspecified atom stereocenters. The lowest BCUT2D eigenvalue weighted by Crippen LogP contribution is -2.62. The highest BCUT2D eigenvalue weighted by molar-refractivity contribution is 5.81. The minimum absolute atomic E-state index is 0.0117. The predicted octanol–water partition coefficient (Wildman–Crippen LogP) is 1.71. The molecule has 3 rings (SSSR count). The second-order valence-corrected chi connectivity index (χ2v) is 6.70. The highest BCUT2D eigenvalue weighted by Crippen LogP contribution is 2.37. The first-order valence-corrected chi connectivity index (χ1v) is 7.77. The number of benzene rings is 1. The third-order valence-corrected chi connectivity index (χ3v) is 4.82. The molecule has 1 saturated heterocycles. The maximum absolute atomic E-state index is 12.2. The number of piperidine rings is 1. The summed E-state index contributed by atoms with van der Waals surface area (Å²) < 4.78 is 0. The summed E-state index contributed by atoms with van der Waals surface area (Å²) >= 11 is 0. The quantitative estimate of drug-likeness (QED) is 0.890. The standard InChI is InChI=1S/C17H24N2O2/c1-17(21)10-11-19(2)14(12-6-4-3-5-7-12)15(17)18-16(20)13-8-9-13/h3-7,13-15,21H,8-11H2,1-2H3,(H,18,20). The van der Waals surface area contributed by atoms with Gasteiger partial charge in [-0.25, -0.2) is 0 Å². The Morgan fingerprint density at radius 1 is 1.33 bits per heavy atom. The van der Waals surface area contributed by atoms with E-state index in [4.69, 9.17) is 0 Å². The van der Waals surface area contributed by atoms with Crippen molar-refractivity contribution in [3.8, 4) is 0 Å². The zero-order valence-electron chi connectivity index (χ0n) is 12.7. The second-order valence-electron chi connectivity index (χ2n) is 6.70. The van der Waals surface area contributed by atoms with Gasteiger partial charge in [0.15, 0.2) is 0 Å². The second kappa shape index (κ2) is 5.43. The van der Waals surface area contributed by atoms with Gasteiger partial charge in [-0.05, 0) is 38.8 Å². The van der Waals surface area contributed by atoms with Crippen LogP contribution in [0, 0.1) is 5.92 Å². The van der Waals surface area contributed by atoms with Crippen molar-refractivity contribution in [2.45, 2.75) is 43.9 Å². The van der Waals surface area contributed by atoms with Gasteiger partial charge in [-0.1, -0.05) is 30.3 Å². The molecule has 1 heterocycles. The summed E-state index contributed by atoms with van der Waals surface area (Å²) in [7, 11) is 2.06. The molecular formula is C17H24N2O2. The van der Waals surface area contributed by atoms with Gasteiger partial charge >= 0.3 is 0 Å². The van der Waals surface area contributed by atoms with Gasteiger partial charge in [0.2, 0.25) is 5.91 Å². The van der Waals surface area contributed by atoms with Gasteiger partial charge in [-0.2, -0.15) is 0 Å². The van der Waals surface area contributed by atoms with Crippen molar-refractivity contribution in [3.05, 3.63) is 35.9 Å². The zero-order chi connectivity index (χ0) is 15.0. The average molecular weight is 288 g/mol. The molecule has 0 aromatic heterocycles. The Morgan fingerprint density at radius 2 is 2.00 bits per heavy atom. The monoisotopic (exact) mass is 288 g/mol. The highest BCUT2D eigenvalue weighted by atomic mass is 16.3. The maximum atomic E-state index is 12.2. The molecule has 4 heteroatoms. The van der Waals surface area contributed by atoms with Gasteiger partial charge in [0, 0.05) is 12.5 Å². The Hall–Kier alpha value is -1.39. The summed E-state index contributed by atoms with van der Waals surface area (Å²) in [5, 5.41) is 13.9. The molecule has 0 bridgehead atoms. The molecule has 114 valence electrons. The van der Waals surface area contributed by atoms with E-state index in [1.165, 1.54) is 0 Å². The van der Waals surface area contributed by atoms with Gasteiger partial charge in [0.25, 0.3) is 0 Å². The number of likely N-dealkylation sites (tertiary alicyclic amines) is 1. The predicted molar refractivity (Wildman–Crippen MR) is 81.7 cm³/mol. The number of hydrogen-bond acceptors (Lipinski definition) is 3. The minimum Gasteiger partial charge on any atom is -0.388 e. The fourth-order valence-electron chi connectivity index (χ4n) is 3.24. The van der Waals surface area contributed by atoms with E-state index in [0.29, 0.717) is 6.42 Å². The first-order valence-electron chi connectivity index (χ1n) is 7.77. The first-order chi connectivity index (χ1) is 9.99. The summed E-state index contributed by atoms with van der Waals surface area (Å²) in [5.74, 6) is 0.251. The van der Waals surface area contributed by atoms with Crippen LogP contribution in [-0.2, 0) is 4.79 Å². The molecule has 21 heavy (non-hydrogen) atoms. The number of rotatable bonds is 3. The lowest BCUT2D eigenvalue weighted by Gasteiger charge is -2.48. The largest absolute Gasteiger partial charge is 0.388 e. The van der Waals surface area contributed by atoms with E-state index in [1.54, 1.807) is 0 Å². The van der Waals surface area contributed by atoms with Crippen molar-refractivity contribution in [1.29, 1.82) is 0 Å². The number of nitrogens with one attached hydrogen (secondary N) is 1. The van der Waals surface area contributed by atoms with Crippen LogP contribution in [0.2, 0.25) is 0 Å². The maximum Gasteiger partial charge on any atom is 0.223 e. The molecule has 3 atom stereocenters. The molecule has 2 N–H and O–H groups in total. The molecule has 0 radical (unpaired) electrons. The molecule has 1 saturated carbocycles. The molecule has 1 aromatic rings. The van der Waals surface area contributed by atoms with Crippen LogP contribution in [0.25, 0.3) is 0 Å². The topological polar surface area (TPSA) is 52.6 Å². The number of nitrogens with zero attached hydrogens (tertiary/aromatic N) is 1. The van der Waals surface area contributed by atoms with E-state index in [0.717, 1.165) is 24.9 Å². The van der Waals surface area contributed by atoms with Crippen molar-refractivity contribution in [2.75, 3.05) is 13.6 Å². The van der Waals surface area contributed by atoms with E-state index >= 15 is 0 Å². The summed E-state index contributed by atoms with van der Waals surface area (Å²) in [6.45, 7) is 2.66. The van der Waals surface area contributed by atoms with Crippen molar-refractivity contribution in [3.63, 3.8) is 0 Å². The van der Waals surface area contributed by atoms with E-state index in [1.807, 2.05) is 25.1 Å². The summed E-state index contributed by atoms with van der Waals surface area (Å²) in [6.07, 6.45) is 2.63. The highest BCUT2D eigenvalue weighted by Gasteiger charge is 2.46. The molecule has 1 aliphatic carbocycles. The molecule has 2 aliphatic rings. The van der Waals surface area contributed by atoms with Gasteiger partial charge in [0.05, 0.1) is 17.7 Å². The smallest absolute Gasteiger partial charge is 0.223 e. The molecular weight excluding hydrogens is 264 g/mol. The number of amides is 1. The number of aliphatic hydroxyl groups is 1. The Balaban J connectivity index is 1.89. The minimum atomic E-state index is -0.877. The van der Waals surface area contributed by atoms with Crippen molar-refractivity contribution < 1.29 is 9.90 Å². The SMILES string of the molecule is CN1CCC(C)(O)C(NC(=O)C2CC2)C1c1ccccc1. The average Bonchev–Trinajstić information content (AvgIpc) is 3.29. The van der Waals surface area contributed by atoms with Crippen LogP contribution in [0.1, 0.15) is 37.8 Å². The lowest BCUT2D eigenvalue weighted by atomic mass is 9.80. The van der Waals surface area contributed by atoms with Gasteiger partial charge in [-0.15, -0.1) is 0 Å². The van der Waals surface area contributed by atoms with E-state index in [2.05, 4.69) is 29.4 Å². The number of carbonyl (C=O) groups excluding carboxylic acids is 1. The fraction of sp³-hybridized carbons (Fsp3) is 0.588. The van der Waals surface area contributed by atoms with E-state index < -0.39 is 5.60 Å². The van der Waals surface area contributed by atoms with Crippen LogP contribution in [0.5, 0.6) is 0 Å². The van der Waals surface area contributed by atoms with Gasteiger partial charge in [0.1, 0.15) is 0 Å². The van der Waals surface area contributed by atoms with E-state index in [-0.39, 0.29) is 23.9 Å². The fourth-order valence-corrected chi connectivity index (χ4v) is 3.24. The molecule has 4 nitrogen and oxygen atoms in total. The van der Waals surface area contributed by atoms with Crippen LogP contribution < -0.4 is 5.32 Å². The Kier molecular flexibility index (Phi) is 3.76. The lowest BCUT2D eigenvalue weighted by molar-refractivity contribution is -0.129. The van der Waals surface area contributed by atoms with Crippen LogP contribution >= 0.6 is 0 Å². The van der Waals surface area contributed by atoms with Crippen LogP contribution in [0.3, 0.4) is 0 Å². The Morgan fingerprint density at radius 3 is 2.62 bits per heavy atom. The molecule has 2 fully saturated rings. The van der Waals surface area contributed by atoms with Crippen molar-refractivity contribution in [1.82, 2.24) is 10.2 Å². The summed E-state index contributed by atoms with van der Waals surface area (Å²) in [6, 6.07) is 9.88. The molecule has 1 amide bonds. The third-order valence-electron chi connectivity index (χ3n) is 4.82. The Bertz CT molecular complexity index is 511. The summed E-state index contributed by atoms with van der Waals surface area (Å²) in [5.41, 5.74) is 0.262. The Labute approximate surface area is 126 Å². The summed E-state index contributed by atoms with van der Waals surface area (Å²) in [4.78, 5) is 14.4. The normalized spacial score (nSPS) is 33.7. The van der Waals surface area contributed by atoms with Crippen molar-refractivity contribution >= 4 is 5.91 Å². The van der Waals surface area contributed by atoms with Crippen molar-refractivity contribution in [2.24, 2.45) is 5.92 Å². The number of likely N-dealkylation sites (N-methyl/N-ethyl adjacent to an activating group) is 1. The van der Waals surface area contributed by atoms with Crippen LogP contribution in [-0.4, -0.2) is 41.1 Å². The van der Waals surface area contributed by atoms with Gasteiger partial charge in [-0.3, -0.25) is 9.69 Å². The number of carbonyl (C=O) groups is 1. The van der Waals surface area contributed by atoms with Crippen LogP contribution in [0.4, 0.5) is 0 Å². The molecule has 0 spiro atoms. The number of hydrogen-bond donors (Lipinski definition) is 2. The molecule has 1 aromatic carbocycles. The van der Waals surface area contributed by atoms with Crippen LogP contribution in [0.15, 0.2) is 30.3 Å². The third kappa shape index (κ3) is 2.97. The first kappa shape index (κ1) is 14.5. The molecule has 1 aliphatic heterocycles. The van der Waals surface area contributed by atoms with Gasteiger partial charge < -0.3 is 10.4 Å².